The second-order valence-electron chi connectivity index (χ2n) is 3.75. The van der Waals surface area contributed by atoms with Crippen LogP contribution in [0, 0.1) is 11.8 Å². The van der Waals surface area contributed by atoms with Gasteiger partial charge in [-0.15, -0.1) is 0 Å². The molecule has 2 aromatic rings. The predicted octanol–water partition coefficient (Wildman–Crippen LogP) is 2.50. The third-order valence-corrected chi connectivity index (χ3v) is 3.30. The van der Waals surface area contributed by atoms with Gasteiger partial charge in [0.2, 0.25) is 0 Å². The Balaban J connectivity index is 2.06. The second-order valence-corrected chi connectivity index (χ2v) is 4.70. The quantitative estimate of drug-likeness (QED) is 0.527. The van der Waals surface area contributed by atoms with Gasteiger partial charge in [-0.2, -0.15) is 0 Å². The van der Waals surface area contributed by atoms with Crippen molar-refractivity contribution in [3.05, 3.63) is 53.9 Å². The highest BCUT2D eigenvalue weighted by Crippen LogP contribution is 2.20. The van der Waals surface area contributed by atoms with E-state index in [2.05, 4.69) is 27.9 Å². The Morgan fingerprint density at radius 2 is 1.89 bits per heavy atom. The lowest BCUT2D eigenvalue weighted by Crippen LogP contribution is -1.89. The number of benzene rings is 1. The number of aromatic nitrogens is 2. The molecule has 0 bridgehead atoms. The molecule has 0 atom stereocenters. The van der Waals surface area contributed by atoms with Gasteiger partial charge < -0.3 is 5.11 Å². The molecular formula is C15H14N2OS. The van der Waals surface area contributed by atoms with E-state index in [1.54, 1.807) is 30.2 Å². The van der Waals surface area contributed by atoms with Gasteiger partial charge in [0.05, 0.1) is 6.61 Å². The van der Waals surface area contributed by atoms with Crippen molar-refractivity contribution in [2.24, 2.45) is 0 Å². The summed E-state index contributed by atoms with van der Waals surface area (Å²) in [5, 5.41) is 9.51. The fraction of sp³-hybridized carbons (Fsp3) is 0.200. The third kappa shape index (κ3) is 4.40. The Kier molecular flexibility index (Phi) is 5.42. The minimum atomic E-state index is 0.0990. The highest BCUT2D eigenvalue weighted by molar-refractivity contribution is 7.98. The standard InChI is InChI=1S/C15H14N2OS/c18-11-4-3-7-13-6-1-2-8-14(13)12-19-15-16-9-5-10-17-15/h1-2,5-6,8-10,18H,4,11-12H2. The molecule has 0 radical (unpaired) electrons. The summed E-state index contributed by atoms with van der Waals surface area (Å²) in [6, 6.07) is 9.82. The molecular weight excluding hydrogens is 256 g/mol. The maximum absolute atomic E-state index is 8.74. The van der Waals surface area contributed by atoms with Crippen LogP contribution in [0.5, 0.6) is 0 Å². The first-order valence-corrected chi connectivity index (χ1v) is 6.96. The molecule has 0 spiro atoms. The van der Waals surface area contributed by atoms with Gasteiger partial charge in [0.1, 0.15) is 0 Å². The van der Waals surface area contributed by atoms with E-state index in [1.165, 1.54) is 0 Å². The van der Waals surface area contributed by atoms with Crippen LogP contribution < -0.4 is 0 Å². The molecule has 3 nitrogen and oxygen atoms in total. The van der Waals surface area contributed by atoms with Crippen LogP contribution in [0.3, 0.4) is 0 Å². The maximum Gasteiger partial charge on any atom is 0.187 e. The zero-order valence-electron chi connectivity index (χ0n) is 10.4. The van der Waals surface area contributed by atoms with E-state index in [9.17, 15) is 0 Å². The minimum Gasteiger partial charge on any atom is -0.395 e. The van der Waals surface area contributed by atoms with Gasteiger partial charge in [0, 0.05) is 30.1 Å². The van der Waals surface area contributed by atoms with Crippen molar-refractivity contribution in [3.8, 4) is 11.8 Å². The summed E-state index contributed by atoms with van der Waals surface area (Å²) in [6.45, 7) is 0.0990. The van der Waals surface area contributed by atoms with E-state index < -0.39 is 0 Å². The van der Waals surface area contributed by atoms with Crippen molar-refractivity contribution in [2.45, 2.75) is 17.3 Å². The highest BCUT2D eigenvalue weighted by atomic mass is 32.2. The van der Waals surface area contributed by atoms with Crippen LogP contribution in [0.4, 0.5) is 0 Å². The average molecular weight is 270 g/mol. The predicted molar refractivity (Wildman–Crippen MR) is 76.6 cm³/mol. The first kappa shape index (κ1) is 13.6. The van der Waals surface area contributed by atoms with E-state index in [0.29, 0.717) is 6.42 Å². The molecule has 1 aromatic carbocycles. The molecule has 0 aliphatic rings. The summed E-state index contributed by atoms with van der Waals surface area (Å²) in [5.41, 5.74) is 2.16. The maximum atomic E-state index is 8.74. The number of rotatable bonds is 4. The van der Waals surface area contributed by atoms with Gasteiger partial charge in [-0.3, -0.25) is 0 Å². The van der Waals surface area contributed by atoms with Crippen LogP contribution in [0.2, 0.25) is 0 Å². The molecule has 0 fully saturated rings. The second kappa shape index (κ2) is 7.57. The molecule has 0 aliphatic carbocycles. The summed E-state index contributed by atoms with van der Waals surface area (Å²) in [6.07, 6.45) is 3.98. The lowest BCUT2D eigenvalue weighted by Gasteiger charge is -2.03. The summed E-state index contributed by atoms with van der Waals surface area (Å²) < 4.78 is 0. The fourth-order valence-electron chi connectivity index (χ4n) is 1.48. The van der Waals surface area contributed by atoms with Crippen molar-refractivity contribution in [3.63, 3.8) is 0 Å². The minimum absolute atomic E-state index is 0.0990. The number of thioether (sulfide) groups is 1. The van der Waals surface area contributed by atoms with Crippen LogP contribution in [-0.2, 0) is 5.75 Å². The smallest absolute Gasteiger partial charge is 0.187 e. The summed E-state index contributed by atoms with van der Waals surface area (Å²) in [5.74, 6) is 6.82. The Morgan fingerprint density at radius 1 is 1.11 bits per heavy atom. The summed E-state index contributed by atoms with van der Waals surface area (Å²) in [4.78, 5) is 8.36. The van der Waals surface area contributed by atoms with E-state index in [1.807, 2.05) is 18.2 Å². The van der Waals surface area contributed by atoms with E-state index in [4.69, 9.17) is 5.11 Å². The van der Waals surface area contributed by atoms with E-state index >= 15 is 0 Å². The van der Waals surface area contributed by atoms with Crippen LogP contribution >= 0.6 is 11.8 Å². The Hall–Kier alpha value is -1.83. The van der Waals surface area contributed by atoms with Crippen LogP contribution in [0.25, 0.3) is 0 Å². The van der Waals surface area contributed by atoms with Crippen LogP contribution in [-0.4, -0.2) is 21.7 Å². The zero-order chi connectivity index (χ0) is 13.3. The average Bonchev–Trinajstić information content (AvgIpc) is 2.48. The molecule has 0 saturated carbocycles. The monoisotopic (exact) mass is 270 g/mol. The molecule has 0 amide bonds. The van der Waals surface area contributed by atoms with Crippen LogP contribution in [0.15, 0.2) is 47.9 Å². The van der Waals surface area contributed by atoms with Crippen molar-refractivity contribution in [2.75, 3.05) is 6.61 Å². The largest absolute Gasteiger partial charge is 0.395 e. The van der Waals surface area contributed by atoms with Gasteiger partial charge >= 0.3 is 0 Å². The Labute approximate surface area is 117 Å². The number of hydrogen-bond donors (Lipinski definition) is 1. The van der Waals surface area contributed by atoms with Gasteiger partial charge in [-0.25, -0.2) is 9.97 Å². The van der Waals surface area contributed by atoms with Crippen molar-refractivity contribution < 1.29 is 5.11 Å². The third-order valence-electron chi connectivity index (χ3n) is 2.38. The zero-order valence-corrected chi connectivity index (χ0v) is 11.2. The van der Waals surface area contributed by atoms with Crippen molar-refractivity contribution >= 4 is 11.8 Å². The fourth-order valence-corrected chi connectivity index (χ4v) is 2.29. The van der Waals surface area contributed by atoms with Gasteiger partial charge in [-0.05, 0) is 17.7 Å². The molecule has 1 N–H and O–H groups in total. The summed E-state index contributed by atoms with van der Waals surface area (Å²) in [7, 11) is 0. The first-order chi connectivity index (χ1) is 9.40. The van der Waals surface area contributed by atoms with Gasteiger partial charge in [0.15, 0.2) is 5.16 Å². The number of aliphatic hydroxyl groups excluding tert-OH is 1. The molecule has 4 heteroatoms. The number of nitrogens with zero attached hydrogens (tertiary/aromatic N) is 2. The highest BCUT2D eigenvalue weighted by Gasteiger charge is 2.01. The molecule has 1 heterocycles. The molecule has 0 aliphatic heterocycles. The van der Waals surface area contributed by atoms with Crippen LogP contribution in [0.1, 0.15) is 17.5 Å². The molecule has 19 heavy (non-hydrogen) atoms. The number of aliphatic hydroxyl groups is 1. The Morgan fingerprint density at radius 3 is 2.68 bits per heavy atom. The summed E-state index contributed by atoms with van der Waals surface area (Å²) >= 11 is 1.59. The SMILES string of the molecule is OCCC#Cc1ccccc1CSc1ncccn1. The topological polar surface area (TPSA) is 46.0 Å². The van der Waals surface area contributed by atoms with Gasteiger partial charge in [-0.1, -0.05) is 41.8 Å². The molecule has 0 unspecified atom stereocenters. The molecule has 1 aromatic heterocycles. The lowest BCUT2D eigenvalue weighted by atomic mass is 10.1. The first-order valence-electron chi connectivity index (χ1n) is 5.97. The normalized spacial score (nSPS) is 9.74. The number of hydrogen-bond acceptors (Lipinski definition) is 4. The van der Waals surface area contributed by atoms with Gasteiger partial charge in [0.25, 0.3) is 0 Å². The van der Waals surface area contributed by atoms with E-state index in [0.717, 1.165) is 22.0 Å². The van der Waals surface area contributed by atoms with E-state index in [-0.39, 0.29) is 6.61 Å². The molecule has 96 valence electrons. The van der Waals surface area contributed by atoms with Crippen molar-refractivity contribution in [1.82, 2.24) is 9.97 Å². The molecule has 0 saturated heterocycles. The van der Waals surface area contributed by atoms with Crippen molar-refractivity contribution in [1.29, 1.82) is 0 Å². The lowest BCUT2D eigenvalue weighted by molar-refractivity contribution is 0.305. The molecule has 2 rings (SSSR count). The Bertz CT molecular complexity index is 575.